The third-order valence-corrected chi connectivity index (χ3v) is 6.45. The lowest BCUT2D eigenvalue weighted by atomic mass is 9.95. The Kier molecular flexibility index (Phi) is 6.95. The third-order valence-electron chi connectivity index (χ3n) is 6.22. The lowest BCUT2D eigenvalue weighted by molar-refractivity contribution is -0.129. The van der Waals surface area contributed by atoms with E-state index in [4.69, 9.17) is 20.8 Å². The smallest absolute Gasteiger partial charge is 0.290 e. The van der Waals surface area contributed by atoms with Gasteiger partial charge in [0.15, 0.2) is 22.9 Å². The van der Waals surface area contributed by atoms with Crippen LogP contribution in [-0.4, -0.2) is 59.9 Å². The highest BCUT2D eigenvalue weighted by atomic mass is 35.5. The highest BCUT2D eigenvalue weighted by Crippen LogP contribution is 2.40. The summed E-state index contributed by atoms with van der Waals surface area (Å²) in [5.41, 5.74) is 1.04. The molecule has 4 rings (SSSR count). The Morgan fingerprint density at radius 3 is 2.59 bits per heavy atom. The molecule has 1 atom stereocenters. The first-order valence-corrected chi connectivity index (χ1v) is 11.6. The van der Waals surface area contributed by atoms with Gasteiger partial charge in [-0.05, 0) is 42.9 Å². The summed E-state index contributed by atoms with van der Waals surface area (Å²) in [4.78, 5) is 30.5. The quantitative estimate of drug-likeness (QED) is 0.431. The number of rotatable bonds is 9. The number of furan rings is 1. The molecule has 0 saturated heterocycles. The molecule has 1 aliphatic heterocycles. The molecular formula is C26H27ClN2O5. The van der Waals surface area contributed by atoms with Crippen LogP contribution in [0.2, 0.25) is 5.02 Å². The van der Waals surface area contributed by atoms with E-state index in [1.807, 2.05) is 13.8 Å². The van der Waals surface area contributed by atoms with Gasteiger partial charge in [0, 0.05) is 23.5 Å². The van der Waals surface area contributed by atoms with Gasteiger partial charge in [-0.15, -0.1) is 0 Å². The second-order valence-corrected chi connectivity index (χ2v) is 8.50. The number of halogens is 1. The molecule has 2 heterocycles. The molecule has 1 unspecified atom stereocenters. The van der Waals surface area contributed by atoms with Gasteiger partial charge in [0.25, 0.3) is 5.91 Å². The number of Topliss-reactive ketones (excluding diaryl/α,β-unsaturated/α-hetero) is 1. The van der Waals surface area contributed by atoms with Crippen LogP contribution in [0.25, 0.3) is 11.0 Å². The number of likely N-dealkylation sites (N-methyl/N-ethyl adjacent to an activating group) is 1. The second kappa shape index (κ2) is 9.91. The Labute approximate surface area is 203 Å². The van der Waals surface area contributed by atoms with Crippen molar-refractivity contribution in [1.82, 2.24) is 9.80 Å². The van der Waals surface area contributed by atoms with E-state index in [1.54, 1.807) is 48.5 Å². The maximum atomic E-state index is 13.7. The Morgan fingerprint density at radius 1 is 1.18 bits per heavy atom. The molecule has 0 spiro atoms. The van der Waals surface area contributed by atoms with Gasteiger partial charge < -0.3 is 24.1 Å². The fourth-order valence-corrected chi connectivity index (χ4v) is 4.57. The number of aliphatic hydroxyl groups excluding tert-OH is 1. The summed E-state index contributed by atoms with van der Waals surface area (Å²) in [5.74, 6) is -1.20. The molecule has 1 aromatic heterocycles. The van der Waals surface area contributed by atoms with Crippen LogP contribution in [0.5, 0.6) is 5.75 Å². The van der Waals surface area contributed by atoms with Crippen molar-refractivity contribution in [3.63, 3.8) is 0 Å². The van der Waals surface area contributed by atoms with Crippen LogP contribution >= 0.6 is 11.6 Å². The molecule has 2 aromatic carbocycles. The average Bonchev–Trinajstić information content (AvgIpc) is 3.39. The molecule has 7 nitrogen and oxygen atoms in total. The zero-order valence-electron chi connectivity index (χ0n) is 19.4. The number of ether oxygens (including phenoxy) is 1. The van der Waals surface area contributed by atoms with Crippen LogP contribution in [0, 0.1) is 0 Å². The first kappa shape index (κ1) is 23.9. The van der Waals surface area contributed by atoms with E-state index in [2.05, 4.69) is 4.90 Å². The summed E-state index contributed by atoms with van der Waals surface area (Å²) in [7, 11) is 1.52. The minimum absolute atomic E-state index is 0.0199. The summed E-state index contributed by atoms with van der Waals surface area (Å²) in [5, 5.41) is 12.0. The number of carbonyl (C=O) groups is 2. The summed E-state index contributed by atoms with van der Waals surface area (Å²) in [6.07, 6.45) is 0. The fraction of sp³-hybridized carbons (Fsp3) is 0.308. The van der Waals surface area contributed by atoms with Crippen LogP contribution in [0.1, 0.15) is 36.0 Å². The van der Waals surface area contributed by atoms with E-state index in [-0.39, 0.29) is 11.3 Å². The van der Waals surface area contributed by atoms with E-state index in [1.165, 1.54) is 12.0 Å². The SMILES string of the molecule is CCN(CC)CCN1C(=O)C(O)=C(C(=O)c2cc3cccc(OC)c3o2)C1c1cccc(Cl)c1. The standard InChI is InChI=1S/C26H27ClN2O5/c1-4-28(5-2)12-13-29-22(16-8-6-10-18(27)14-16)21(24(31)26(29)32)23(30)20-15-17-9-7-11-19(33-3)25(17)34-20/h6-11,14-15,22,31H,4-5,12-13H2,1-3H3. The number of methoxy groups -OCH3 is 1. The summed E-state index contributed by atoms with van der Waals surface area (Å²) >= 11 is 6.24. The van der Waals surface area contributed by atoms with Crippen LogP contribution < -0.4 is 4.74 Å². The number of benzene rings is 2. The highest BCUT2D eigenvalue weighted by Gasteiger charge is 2.44. The zero-order chi connectivity index (χ0) is 24.4. The number of carbonyl (C=O) groups excluding carboxylic acids is 2. The van der Waals surface area contributed by atoms with E-state index in [0.717, 1.165) is 13.1 Å². The lowest BCUT2D eigenvalue weighted by Gasteiger charge is -2.29. The topological polar surface area (TPSA) is 83.2 Å². The van der Waals surface area contributed by atoms with Crippen molar-refractivity contribution in [3.05, 3.63) is 76.2 Å². The molecule has 0 aliphatic carbocycles. The van der Waals surface area contributed by atoms with Gasteiger partial charge in [0.05, 0.1) is 18.7 Å². The number of nitrogens with zero attached hydrogens (tertiary/aromatic N) is 2. The van der Waals surface area contributed by atoms with Crippen LogP contribution in [0.4, 0.5) is 0 Å². The molecule has 1 aliphatic rings. The number of ketones is 1. The van der Waals surface area contributed by atoms with Crippen LogP contribution in [-0.2, 0) is 4.79 Å². The van der Waals surface area contributed by atoms with Crippen LogP contribution in [0.3, 0.4) is 0 Å². The second-order valence-electron chi connectivity index (χ2n) is 8.06. The number of fused-ring (bicyclic) bond motifs is 1. The minimum atomic E-state index is -0.788. The van der Waals surface area contributed by atoms with Crippen molar-refractivity contribution in [2.45, 2.75) is 19.9 Å². The zero-order valence-corrected chi connectivity index (χ0v) is 20.1. The molecule has 34 heavy (non-hydrogen) atoms. The molecule has 178 valence electrons. The van der Waals surface area contributed by atoms with Gasteiger partial charge in [-0.25, -0.2) is 0 Å². The number of amides is 1. The van der Waals surface area contributed by atoms with Gasteiger partial charge in [-0.3, -0.25) is 9.59 Å². The largest absolute Gasteiger partial charge is 0.503 e. The van der Waals surface area contributed by atoms with Crippen molar-refractivity contribution < 1.29 is 23.8 Å². The highest BCUT2D eigenvalue weighted by molar-refractivity contribution is 6.30. The number of aliphatic hydroxyl groups is 1. The molecule has 3 aromatic rings. The normalized spacial score (nSPS) is 16.2. The molecule has 0 bridgehead atoms. The summed E-state index contributed by atoms with van der Waals surface area (Å²) < 4.78 is 11.2. The van der Waals surface area contributed by atoms with Gasteiger partial charge in [-0.1, -0.05) is 49.7 Å². The molecule has 0 radical (unpaired) electrons. The first-order valence-electron chi connectivity index (χ1n) is 11.2. The first-order chi connectivity index (χ1) is 16.4. The Morgan fingerprint density at radius 2 is 1.91 bits per heavy atom. The monoisotopic (exact) mass is 482 g/mol. The van der Waals surface area contributed by atoms with E-state index in [0.29, 0.717) is 40.4 Å². The molecule has 0 saturated carbocycles. The third kappa shape index (κ3) is 4.29. The maximum absolute atomic E-state index is 13.7. The van der Waals surface area contributed by atoms with E-state index >= 15 is 0 Å². The van der Waals surface area contributed by atoms with Crippen molar-refractivity contribution in [2.75, 3.05) is 33.3 Å². The Balaban J connectivity index is 1.77. The average molecular weight is 483 g/mol. The molecular weight excluding hydrogens is 456 g/mol. The van der Waals surface area contributed by atoms with Crippen molar-refractivity contribution in [2.24, 2.45) is 0 Å². The number of hydrogen-bond acceptors (Lipinski definition) is 6. The van der Waals surface area contributed by atoms with Crippen molar-refractivity contribution in [3.8, 4) is 5.75 Å². The van der Waals surface area contributed by atoms with Crippen LogP contribution in [0.15, 0.2) is 64.3 Å². The number of para-hydroxylation sites is 1. The predicted octanol–water partition coefficient (Wildman–Crippen LogP) is 5.01. The fourth-order valence-electron chi connectivity index (χ4n) is 4.37. The summed E-state index contributed by atoms with van der Waals surface area (Å²) in [6, 6.07) is 13.1. The molecule has 0 fully saturated rings. The molecule has 1 N–H and O–H groups in total. The van der Waals surface area contributed by atoms with Gasteiger partial charge in [0.1, 0.15) is 0 Å². The number of hydrogen-bond donors (Lipinski definition) is 1. The maximum Gasteiger partial charge on any atom is 0.290 e. The van der Waals surface area contributed by atoms with E-state index < -0.39 is 23.5 Å². The van der Waals surface area contributed by atoms with Crippen molar-refractivity contribution >= 4 is 34.3 Å². The Bertz CT molecular complexity index is 1260. The van der Waals surface area contributed by atoms with Gasteiger partial charge in [-0.2, -0.15) is 0 Å². The Hall–Kier alpha value is -3.29. The summed E-state index contributed by atoms with van der Waals surface area (Å²) in [6.45, 7) is 6.69. The molecule has 1 amide bonds. The van der Waals surface area contributed by atoms with Gasteiger partial charge in [0.2, 0.25) is 5.78 Å². The van der Waals surface area contributed by atoms with Crippen molar-refractivity contribution in [1.29, 1.82) is 0 Å². The molecule has 8 heteroatoms. The van der Waals surface area contributed by atoms with Gasteiger partial charge >= 0.3 is 0 Å². The lowest BCUT2D eigenvalue weighted by Crippen LogP contribution is -2.38. The van der Waals surface area contributed by atoms with E-state index in [9.17, 15) is 14.7 Å². The predicted molar refractivity (Wildman–Crippen MR) is 130 cm³/mol. The minimum Gasteiger partial charge on any atom is -0.503 e.